The monoisotopic (exact) mass is 376 g/mol. The maximum absolute atomic E-state index is 10.8. The van der Waals surface area contributed by atoms with Crippen molar-refractivity contribution in [1.29, 1.82) is 0 Å². The Hall–Kier alpha value is 0.319. The van der Waals surface area contributed by atoms with Crippen LogP contribution in [0.4, 0.5) is 0 Å². The maximum atomic E-state index is 10.8. The van der Waals surface area contributed by atoms with Gasteiger partial charge >= 0.3 is 99.4 Å². The van der Waals surface area contributed by atoms with E-state index in [-0.39, 0.29) is 94.3 Å². The molecule has 0 aromatic rings. The molecule has 0 N–H and O–H groups in total. The number of hydrogen-bond acceptors (Lipinski definition) is 10. The first kappa shape index (κ1) is 27.2. The third-order valence-corrected chi connectivity index (χ3v) is 1.39. The van der Waals surface area contributed by atoms with Gasteiger partial charge in [-0.05, 0) is 0 Å². The molecule has 0 saturated carbocycles. The van der Waals surface area contributed by atoms with Gasteiger partial charge in [0.1, 0.15) is 0 Å². The van der Waals surface area contributed by atoms with Crippen molar-refractivity contribution in [3.05, 3.63) is 0 Å². The summed E-state index contributed by atoms with van der Waals surface area (Å²) >= 11 is 0. The smallest absolute Gasteiger partial charge is 1.00 e. The molecule has 0 aliphatic rings. The van der Waals surface area contributed by atoms with E-state index in [0.29, 0.717) is 10.5 Å². The van der Waals surface area contributed by atoms with Crippen LogP contribution in [0.15, 0.2) is 0 Å². The van der Waals surface area contributed by atoms with Crippen molar-refractivity contribution in [3.63, 3.8) is 0 Å². The fraction of sp³-hybridized carbons (Fsp3) is 0.600. The summed E-state index contributed by atoms with van der Waals surface area (Å²) in [5, 5.41) is 1.15. The van der Waals surface area contributed by atoms with Crippen LogP contribution in [0.5, 0.6) is 0 Å². The SMILES string of the molecule is CC(=O)ON(CCN(OC(C)=O)OC(C)=O)OC(C)=O.[Ca+2].[Ca+2].[H-].[H-].[H-].[H-]. The van der Waals surface area contributed by atoms with Crippen molar-refractivity contribution in [2.75, 3.05) is 13.1 Å². The Labute approximate surface area is 193 Å². The van der Waals surface area contributed by atoms with Gasteiger partial charge in [-0.25, -0.2) is 0 Å². The predicted molar refractivity (Wildman–Crippen MR) is 76.4 cm³/mol. The molecular weight excluding hydrogens is 356 g/mol. The van der Waals surface area contributed by atoms with E-state index in [1.165, 1.54) is 0 Å². The average Bonchev–Trinajstić information content (AvgIpc) is 2.22. The normalized spacial score (nSPS) is 9.18. The van der Waals surface area contributed by atoms with Crippen molar-refractivity contribution in [1.82, 2.24) is 10.5 Å². The molecule has 0 aromatic carbocycles. The van der Waals surface area contributed by atoms with E-state index in [1.54, 1.807) is 0 Å². The fourth-order valence-electron chi connectivity index (χ4n) is 0.957. The molecule has 0 saturated heterocycles. The van der Waals surface area contributed by atoms with Gasteiger partial charge in [0.2, 0.25) is 0 Å². The summed E-state index contributed by atoms with van der Waals surface area (Å²) in [6.07, 6.45) is 0. The number of hydroxylamine groups is 4. The standard InChI is InChI=1S/C10H16N2O8.2Ca.4H/c1-7(13)17-11(18-8(2)14)5-6-12(19-9(3)15)20-10(4)16;;;;;;/h5-6H2,1-4H3;;;;;;/q;2*+2;4*-1. The van der Waals surface area contributed by atoms with Gasteiger partial charge in [-0.15, -0.1) is 0 Å². The zero-order valence-electron chi connectivity index (χ0n) is 17.0. The second-order valence-corrected chi connectivity index (χ2v) is 3.44. The van der Waals surface area contributed by atoms with Gasteiger partial charge in [-0.1, -0.05) is 0 Å². The van der Waals surface area contributed by atoms with Crippen LogP contribution in [0, 0.1) is 0 Å². The average molecular weight is 376 g/mol. The van der Waals surface area contributed by atoms with E-state index >= 15 is 0 Å². The van der Waals surface area contributed by atoms with E-state index in [9.17, 15) is 19.2 Å². The van der Waals surface area contributed by atoms with Gasteiger partial charge in [-0.3, -0.25) is 19.2 Å². The Morgan fingerprint density at radius 3 is 0.955 bits per heavy atom. The number of rotatable bonds is 7. The Bertz CT molecular complexity index is 341. The minimum Gasteiger partial charge on any atom is -1.00 e. The molecule has 0 aliphatic heterocycles. The number of carbonyl (C=O) groups excluding carboxylic acids is 4. The summed E-state index contributed by atoms with van der Waals surface area (Å²) in [7, 11) is 0. The third-order valence-electron chi connectivity index (χ3n) is 1.39. The van der Waals surface area contributed by atoms with Crippen LogP contribution in [-0.4, -0.2) is 123 Å². The topological polar surface area (TPSA) is 112 Å². The first-order chi connectivity index (χ1) is 9.20. The molecule has 0 amide bonds. The fourth-order valence-corrected chi connectivity index (χ4v) is 0.957. The molecule has 0 rings (SSSR count). The molecule has 0 radical (unpaired) electrons. The van der Waals surface area contributed by atoms with Gasteiger partial charge in [-0.2, -0.15) is 0 Å². The van der Waals surface area contributed by atoms with E-state index in [1.807, 2.05) is 0 Å². The van der Waals surface area contributed by atoms with Crippen LogP contribution in [-0.2, 0) is 38.5 Å². The zero-order valence-corrected chi connectivity index (χ0v) is 17.4. The molecule has 10 nitrogen and oxygen atoms in total. The zero-order chi connectivity index (χ0) is 15.7. The molecule has 122 valence electrons. The van der Waals surface area contributed by atoms with Gasteiger partial charge in [0.05, 0.1) is 13.1 Å². The second kappa shape index (κ2) is 14.9. The summed E-state index contributed by atoms with van der Waals surface area (Å²) in [5.41, 5.74) is 0. The van der Waals surface area contributed by atoms with E-state index < -0.39 is 23.9 Å². The summed E-state index contributed by atoms with van der Waals surface area (Å²) in [6, 6.07) is 0. The summed E-state index contributed by atoms with van der Waals surface area (Å²) < 4.78 is 0. The van der Waals surface area contributed by atoms with Crippen LogP contribution in [0.1, 0.15) is 33.4 Å². The van der Waals surface area contributed by atoms with Gasteiger partial charge < -0.3 is 25.1 Å². The summed E-state index contributed by atoms with van der Waals surface area (Å²) in [4.78, 5) is 61.4. The predicted octanol–water partition coefficient (Wildman–Crippen LogP) is -0.809. The third kappa shape index (κ3) is 16.7. The van der Waals surface area contributed by atoms with Crippen molar-refractivity contribution in [2.24, 2.45) is 0 Å². The van der Waals surface area contributed by atoms with Crippen molar-refractivity contribution in [2.45, 2.75) is 27.7 Å². The van der Waals surface area contributed by atoms with Crippen molar-refractivity contribution < 1.29 is 44.2 Å². The Morgan fingerprint density at radius 2 is 0.818 bits per heavy atom. The van der Waals surface area contributed by atoms with E-state index in [0.717, 1.165) is 27.7 Å². The Kier molecular flexibility index (Phi) is 18.4. The Morgan fingerprint density at radius 1 is 0.636 bits per heavy atom. The molecule has 0 unspecified atom stereocenters. The van der Waals surface area contributed by atoms with Crippen molar-refractivity contribution in [3.8, 4) is 0 Å². The number of hydrogen-bond donors (Lipinski definition) is 0. The molecule has 12 heteroatoms. The molecule has 0 bridgehead atoms. The van der Waals surface area contributed by atoms with Gasteiger partial charge in [0, 0.05) is 38.1 Å². The molecule has 0 spiro atoms. The quantitative estimate of drug-likeness (QED) is 0.413. The largest absolute Gasteiger partial charge is 2.00 e. The summed E-state index contributed by atoms with van der Waals surface area (Å²) in [6.45, 7) is 3.97. The Balaban J connectivity index is -0.000000120. The molecule has 22 heavy (non-hydrogen) atoms. The minimum atomic E-state index is -0.724. The first-order valence-corrected chi connectivity index (χ1v) is 5.50. The molecule has 0 atom stereocenters. The molecule has 0 fully saturated rings. The first-order valence-electron chi connectivity index (χ1n) is 5.50. The molecule has 0 aromatic heterocycles. The van der Waals surface area contributed by atoms with E-state index in [2.05, 4.69) is 19.4 Å². The molecule has 0 aliphatic carbocycles. The second-order valence-electron chi connectivity index (χ2n) is 3.44. The maximum Gasteiger partial charge on any atom is 2.00 e. The van der Waals surface area contributed by atoms with E-state index in [4.69, 9.17) is 0 Å². The van der Waals surface area contributed by atoms with Gasteiger partial charge in [0.15, 0.2) is 0 Å². The van der Waals surface area contributed by atoms with Crippen LogP contribution in [0.25, 0.3) is 0 Å². The van der Waals surface area contributed by atoms with Crippen molar-refractivity contribution >= 4 is 99.4 Å². The number of carbonyl (C=O) groups is 4. The van der Waals surface area contributed by atoms with Crippen LogP contribution in [0.3, 0.4) is 0 Å². The summed E-state index contributed by atoms with van der Waals surface area (Å²) in [5.74, 6) is -2.90. The van der Waals surface area contributed by atoms with Gasteiger partial charge in [0.25, 0.3) is 0 Å². The molecule has 0 heterocycles. The molecular formula is C10H20Ca2N2O8. The number of nitrogens with zero attached hydrogens (tertiary/aromatic N) is 2. The van der Waals surface area contributed by atoms with Crippen LogP contribution in [0.2, 0.25) is 0 Å². The van der Waals surface area contributed by atoms with Crippen LogP contribution < -0.4 is 0 Å². The van der Waals surface area contributed by atoms with Crippen LogP contribution >= 0.6 is 0 Å². The minimum absolute atomic E-state index is 0.